The van der Waals surface area contributed by atoms with Gasteiger partial charge in [0.1, 0.15) is 11.6 Å². The van der Waals surface area contributed by atoms with Crippen LogP contribution in [0.5, 0.6) is 0 Å². The molecule has 0 aliphatic carbocycles. The lowest BCUT2D eigenvalue weighted by molar-refractivity contribution is -0.123. The third-order valence-electron chi connectivity index (χ3n) is 4.56. The van der Waals surface area contributed by atoms with E-state index in [1.807, 2.05) is 6.92 Å². The molecular formula is C16H19FO2S. The first-order valence-corrected chi connectivity index (χ1v) is 8.16. The number of aliphatic hydroxyl groups is 1. The van der Waals surface area contributed by atoms with Crippen molar-refractivity contribution in [2.75, 3.05) is 0 Å². The predicted molar refractivity (Wildman–Crippen MR) is 78.3 cm³/mol. The van der Waals surface area contributed by atoms with Crippen molar-refractivity contribution < 1.29 is 14.3 Å². The molecule has 108 valence electrons. The van der Waals surface area contributed by atoms with E-state index in [-0.39, 0.29) is 34.8 Å². The van der Waals surface area contributed by atoms with Crippen LogP contribution >= 0.6 is 11.8 Å². The molecule has 2 bridgehead atoms. The molecule has 4 heteroatoms. The maximum Gasteiger partial charge on any atom is 0.137 e. The number of thioether (sulfide) groups is 1. The van der Waals surface area contributed by atoms with Crippen LogP contribution in [0.3, 0.4) is 0 Å². The largest absolute Gasteiger partial charge is 0.392 e. The molecule has 2 heterocycles. The summed E-state index contributed by atoms with van der Waals surface area (Å²) >= 11 is 1.77. The SMILES string of the molecule is CCC(=O)[C@@H]1[C@@H]2SC(CC2O)C[C@H]1c1ccc(F)cc1. The molecule has 0 saturated carbocycles. The van der Waals surface area contributed by atoms with Gasteiger partial charge in [-0.1, -0.05) is 19.1 Å². The molecule has 2 aliphatic heterocycles. The van der Waals surface area contributed by atoms with E-state index >= 15 is 0 Å². The van der Waals surface area contributed by atoms with Gasteiger partial charge in [0.15, 0.2) is 0 Å². The van der Waals surface area contributed by atoms with Crippen molar-refractivity contribution in [1.29, 1.82) is 0 Å². The Kier molecular flexibility index (Phi) is 3.87. The van der Waals surface area contributed by atoms with Crippen molar-refractivity contribution >= 4 is 17.5 Å². The fourth-order valence-electron chi connectivity index (χ4n) is 3.60. The molecule has 1 N–H and O–H groups in total. The molecule has 2 unspecified atom stereocenters. The van der Waals surface area contributed by atoms with Gasteiger partial charge in [-0.15, -0.1) is 0 Å². The molecule has 2 saturated heterocycles. The minimum Gasteiger partial charge on any atom is -0.392 e. The predicted octanol–water partition coefficient (Wildman–Crippen LogP) is 3.14. The van der Waals surface area contributed by atoms with Crippen LogP contribution in [0.25, 0.3) is 0 Å². The van der Waals surface area contributed by atoms with Gasteiger partial charge in [-0.2, -0.15) is 11.8 Å². The van der Waals surface area contributed by atoms with Gasteiger partial charge in [-0.05, 0) is 36.5 Å². The monoisotopic (exact) mass is 294 g/mol. The average molecular weight is 294 g/mol. The maximum absolute atomic E-state index is 13.1. The van der Waals surface area contributed by atoms with E-state index in [0.29, 0.717) is 11.7 Å². The molecule has 0 aromatic heterocycles. The van der Waals surface area contributed by atoms with Crippen LogP contribution in [0.4, 0.5) is 4.39 Å². The van der Waals surface area contributed by atoms with E-state index in [9.17, 15) is 14.3 Å². The normalized spacial score (nSPS) is 36.0. The van der Waals surface area contributed by atoms with Crippen molar-refractivity contribution in [2.24, 2.45) is 5.92 Å². The van der Waals surface area contributed by atoms with Crippen molar-refractivity contribution in [3.63, 3.8) is 0 Å². The number of carbonyl (C=O) groups excluding carboxylic acids is 1. The van der Waals surface area contributed by atoms with Crippen molar-refractivity contribution in [1.82, 2.24) is 0 Å². The molecular weight excluding hydrogens is 275 g/mol. The fourth-order valence-corrected chi connectivity index (χ4v) is 5.48. The van der Waals surface area contributed by atoms with Crippen LogP contribution in [-0.2, 0) is 4.79 Å². The second kappa shape index (κ2) is 5.49. The molecule has 3 rings (SSSR count). The lowest BCUT2D eigenvalue weighted by Gasteiger charge is -2.36. The highest BCUT2D eigenvalue weighted by atomic mass is 32.2. The average Bonchev–Trinajstić information content (AvgIpc) is 2.74. The third-order valence-corrected chi connectivity index (χ3v) is 6.25. The third kappa shape index (κ3) is 2.40. The number of fused-ring (bicyclic) bond motifs is 2. The first-order chi connectivity index (χ1) is 9.60. The minimum atomic E-state index is -0.379. The summed E-state index contributed by atoms with van der Waals surface area (Å²) in [7, 11) is 0. The summed E-state index contributed by atoms with van der Waals surface area (Å²) in [4.78, 5) is 12.4. The Labute approximate surface area is 122 Å². The molecule has 0 radical (unpaired) electrons. The van der Waals surface area contributed by atoms with Gasteiger partial charge in [-0.3, -0.25) is 4.79 Å². The van der Waals surface area contributed by atoms with Crippen LogP contribution < -0.4 is 0 Å². The molecule has 5 atom stereocenters. The van der Waals surface area contributed by atoms with Crippen LogP contribution in [0.15, 0.2) is 24.3 Å². The molecule has 1 aromatic carbocycles. The van der Waals surface area contributed by atoms with Gasteiger partial charge in [0.05, 0.1) is 6.10 Å². The molecule has 0 spiro atoms. The van der Waals surface area contributed by atoms with Gasteiger partial charge in [0.2, 0.25) is 0 Å². The zero-order valence-corrected chi connectivity index (χ0v) is 12.3. The minimum absolute atomic E-state index is 0.0104. The van der Waals surface area contributed by atoms with Gasteiger partial charge in [0, 0.05) is 22.8 Å². The number of hydrogen-bond donors (Lipinski definition) is 1. The zero-order chi connectivity index (χ0) is 14.3. The van der Waals surface area contributed by atoms with Crippen LogP contribution in [0.2, 0.25) is 0 Å². The summed E-state index contributed by atoms with van der Waals surface area (Å²) in [5.41, 5.74) is 1.03. The Morgan fingerprint density at radius 2 is 2.05 bits per heavy atom. The number of carbonyl (C=O) groups is 1. The summed E-state index contributed by atoms with van der Waals surface area (Å²) in [5.74, 6) is -0.0443. The van der Waals surface area contributed by atoms with Gasteiger partial charge < -0.3 is 5.11 Å². The van der Waals surface area contributed by atoms with Crippen LogP contribution in [0, 0.1) is 11.7 Å². The van der Waals surface area contributed by atoms with Gasteiger partial charge >= 0.3 is 0 Å². The highest BCUT2D eigenvalue weighted by Gasteiger charge is 2.50. The molecule has 20 heavy (non-hydrogen) atoms. The highest BCUT2D eigenvalue weighted by molar-refractivity contribution is 8.00. The summed E-state index contributed by atoms with van der Waals surface area (Å²) < 4.78 is 13.1. The summed E-state index contributed by atoms with van der Waals surface area (Å²) in [6.07, 6.45) is 1.80. The van der Waals surface area contributed by atoms with E-state index in [1.165, 1.54) is 12.1 Å². The van der Waals surface area contributed by atoms with Crippen molar-refractivity contribution in [3.8, 4) is 0 Å². The van der Waals surface area contributed by atoms with E-state index in [1.54, 1.807) is 23.9 Å². The lowest BCUT2D eigenvalue weighted by atomic mass is 9.78. The smallest absolute Gasteiger partial charge is 0.137 e. The number of aliphatic hydroxyl groups excluding tert-OH is 1. The lowest BCUT2D eigenvalue weighted by Crippen LogP contribution is -2.38. The van der Waals surface area contributed by atoms with Gasteiger partial charge in [-0.25, -0.2) is 4.39 Å². The number of Topliss-reactive ketones (excluding diaryl/α,β-unsaturated/α-hetero) is 1. The Hall–Kier alpha value is -0.870. The first-order valence-electron chi connectivity index (χ1n) is 7.22. The van der Waals surface area contributed by atoms with E-state index in [2.05, 4.69) is 0 Å². The second-order valence-corrected chi connectivity index (χ2v) is 7.25. The highest BCUT2D eigenvalue weighted by Crippen LogP contribution is 2.53. The molecule has 2 aliphatic rings. The summed E-state index contributed by atoms with van der Waals surface area (Å²) in [5, 5.41) is 10.6. The number of hydrogen-bond acceptors (Lipinski definition) is 3. The summed E-state index contributed by atoms with van der Waals surface area (Å²) in [6.45, 7) is 1.88. The summed E-state index contributed by atoms with van der Waals surface area (Å²) in [6, 6.07) is 6.50. The number of benzene rings is 1. The van der Waals surface area contributed by atoms with Crippen LogP contribution in [-0.4, -0.2) is 27.5 Å². The number of ketones is 1. The standard InChI is InChI=1S/C16H19FO2S/c1-2-13(18)15-12(9-3-5-10(17)6-4-9)7-11-8-14(19)16(15)20-11/h3-6,11-12,14-16,19H,2,7-8H2,1H3/t11?,12-,14?,15+,16+/m0/s1. The zero-order valence-electron chi connectivity index (χ0n) is 11.5. The van der Waals surface area contributed by atoms with E-state index in [4.69, 9.17) is 0 Å². The number of rotatable bonds is 3. The van der Waals surface area contributed by atoms with Crippen molar-refractivity contribution in [3.05, 3.63) is 35.6 Å². The van der Waals surface area contributed by atoms with E-state index in [0.717, 1.165) is 18.4 Å². The van der Waals surface area contributed by atoms with Crippen LogP contribution in [0.1, 0.15) is 37.7 Å². The quantitative estimate of drug-likeness (QED) is 0.930. The Bertz CT molecular complexity index is 502. The van der Waals surface area contributed by atoms with Crippen molar-refractivity contribution in [2.45, 2.75) is 48.7 Å². The Balaban J connectivity index is 1.95. The topological polar surface area (TPSA) is 37.3 Å². The first kappa shape index (κ1) is 14.1. The number of halogens is 1. The fraction of sp³-hybridized carbons (Fsp3) is 0.562. The molecule has 1 aromatic rings. The van der Waals surface area contributed by atoms with E-state index < -0.39 is 0 Å². The molecule has 0 amide bonds. The molecule has 2 fully saturated rings. The molecule has 2 nitrogen and oxygen atoms in total. The van der Waals surface area contributed by atoms with Gasteiger partial charge in [0.25, 0.3) is 0 Å². The Morgan fingerprint density at radius 1 is 1.35 bits per heavy atom. The maximum atomic E-state index is 13.1. The Morgan fingerprint density at radius 3 is 2.70 bits per heavy atom. The second-order valence-electron chi connectivity index (χ2n) is 5.77.